The molecule has 8 nitrogen and oxygen atoms in total. The van der Waals surface area contributed by atoms with Crippen molar-refractivity contribution in [1.29, 1.82) is 0 Å². The number of anilines is 1. The van der Waals surface area contributed by atoms with Crippen molar-refractivity contribution in [1.82, 2.24) is 9.55 Å². The molecule has 3 heterocycles. The number of ether oxygens (including phenoxy) is 1. The number of carbonyl (C=O) groups is 1. The summed E-state index contributed by atoms with van der Waals surface area (Å²) in [6, 6.07) is 15.7. The van der Waals surface area contributed by atoms with E-state index in [1.165, 1.54) is 10.1 Å². The molecule has 39 heavy (non-hydrogen) atoms. The van der Waals surface area contributed by atoms with Crippen molar-refractivity contribution in [2.24, 2.45) is 0 Å². The van der Waals surface area contributed by atoms with Crippen molar-refractivity contribution in [3.8, 4) is 5.88 Å². The Morgan fingerprint density at radius 1 is 0.949 bits per heavy atom. The summed E-state index contributed by atoms with van der Waals surface area (Å²) >= 11 is 0. The van der Waals surface area contributed by atoms with Gasteiger partial charge in [-0.3, -0.25) is 0 Å². The van der Waals surface area contributed by atoms with Gasteiger partial charge in [0, 0.05) is 0 Å². The average Bonchev–Trinajstić information content (AvgIpc) is 3.41. The number of nitrogens with zero attached hydrogens (tertiary/aromatic N) is 2. The van der Waals surface area contributed by atoms with E-state index in [9.17, 15) is 9.59 Å². The van der Waals surface area contributed by atoms with Crippen LogP contribution in [0.3, 0.4) is 0 Å². The van der Waals surface area contributed by atoms with Crippen molar-refractivity contribution in [3.05, 3.63) is 97.8 Å². The maximum Gasteiger partial charge on any atom is 0.362 e. The Balaban J connectivity index is 1.81. The SMILES string of the molecule is CC(C)OC(=O)C1=c2oc(=O)/c(=C\c3ccc(C(C)C)cc3)n2-c2oc(N)nc2C1c1ccc(C(C)C)cc1. The lowest BCUT2D eigenvalue weighted by atomic mass is 9.86. The number of rotatable bonds is 6. The smallest absolute Gasteiger partial charge is 0.362 e. The van der Waals surface area contributed by atoms with Gasteiger partial charge < -0.3 is 19.3 Å². The van der Waals surface area contributed by atoms with E-state index >= 15 is 0 Å². The highest BCUT2D eigenvalue weighted by Gasteiger charge is 2.40. The third-order valence-corrected chi connectivity index (χ3v) is 6.89. The van der Waals surface area contributed by atoms with Gasteiger partial charge in [0.2, 0.25) is 11.4 Å². The second-order valence-corrected chi connectivity index (χ2v) is 10.7. The second kappa shape index (κ2) is 10.1. The van der Waals surface area contributed by atoms with Gasteiger partial charge in [0.15, 0.2) is 0 Å². The Hall–Kier alpha value is -4.33. The molecule has 0 saturated heterocycles. The fraction of sp³-hybridized carbons (Fsp3) is 0.323. The van der Waals surface area contributed by atoms with Crippen molar-refractivity contribution in [2.45, 2.75) is 65.4 Å². The third kappa shape index (κ3) is 4.82. The third-order valence-electron chi connectivity index (χ3n) is 6.89. The minimum absolute atomic E-state index is 0.0392. The van der Waals surface area contributed by atoms with Crippen molar-refractivity contribution in [3.63, 3.8) is 0 Å². The van der Waals surface area contributed by atoms with Gasteiger partial charge in [0.1, 0.15) is 16.6 Å². The van der Waals surface area contributed by atoms with E-state index in [2.05, 4.69) is 32.7 Å². The summed E-state index contributed by atoms with van der Waals surface area (Å²) < 4.78 is 18.7. The number of fused-ring (bicyclic) bond motifs is 3. The normalized spacial score (nSPS) is 15.3. The maximum absolute atomic E-state index is 13.6. The zero-order valence-electron chi connectivity index (χ0n) is 23.0. The minimum Gasteiger partial charge on any atom is -0.459 e. The molecule has 1 unspecified atom stereocenters. The number of hydrogen-bond donors (Lipinski definition) is 1. The lowest BCUT2D eigenvalue weighted by molar-refractivity contribution is -0.140. The van der Waals surface area contributed by atoms with Gasteiger partial charge in [-0.15, -0.1) is 0 Å². The van der Waals surface area contributed by atoms with E-state index in [0.29, 0.717) is 17.5 Å². The molecule has 5 rings (SSSR count). The van der Waals surface area contributed by atoms with Crippen LogP contribution in [0.5, 0.6) is 0 Å². The monoisotopic (exact) mass is 527 g/mol. The molecule has 0 aliphatic carbocycles. The summed E-state index contributed by atoms with van der Waals surface area (Å²) in [5.41, 5.74) is 9.92. The van der Waals surface area contributed by atoms with Gasteiger partial charge in [0.25, 0.3) is 6.01 Å². The molecule has 1 atom stereocenters. The van der Waals surface area contributed by atoms with E-state index in [4.69, 9.17) is 19.3 Å². The van der Waals surface area contributed by atoms with Crippen LogP contribution in [0.15, 0.2) is 62.2 Å². The van der Waals surface area contributed by atoms with Gasteiger partial charge in [-0.25, -0.2) is 14.2 Å². The molecular formula is C31H33N3O5. The van der Waals surface area contributed by atoms with E-state index in [1.807, 2.05) is 48.5 Å². The van der Waals surface area contributed by atoms with Crippen molar-refractivity contribution in [2.75, 3.05) is 5.73 Å². The predicted molar refractivity (Wildman–Crippen MR) is 149 cm³/mol. The Bertz CT molecular complexity index is 1700. The van der Waals surface area contributed by atoms with Crippen LogP contribution in [0.25, 0.3) is 17.5 Å². The van der Waals surface area contributed by atoms with Crippen LogP contribution in [-0.2, 0) is 9.53 Å². The summed E-state index contributed by atoms with van der Waals surface area (Å²) in [6.45, 7) is 12.0. The predicted octanol–water partition coefficient (Wildman–Crippen LogP) is 4.32. The molecule has 1 aliphatic rings. The molecule has 2 aromatic carbocycles. The molecule has 0 bridgehead atoms. The molecular weight excluding hydrogens is 494 g/mol. The Labute approximate surface area is 226 Å². The molecule has 0 saturated carbocycles. The fourth-order valence-corrected chi connectivity index (χ4v) is 4.85. The second-order valence-electron chi connectivity index (χ2n) is 10.7. The molecule has 8 heteroatoms. The lowest BCUT2D eigenvalue weighted by Gasteiger charge is -2.23. The van der Waals surface area contributed by atoms with Crippen LogP contribution in [0.2, 0.25) is 0 Å². The van der Waals surface area contributed by atoms with E-state index in [1.54, 1.807) is 19.9 Å². The number of hydrogen-bond acceptors (Lipinski definition) is 7. The van der Waals surface area contributed by atoms with Crippen LogP contribution in [0.1, 0.15) is 87.2 Å². The molecule has 2 N–H and O–H groups in total. The first-order chi connectivity index (χ1) is 18.5. The van der Waals surface area contributed by atoms with E-state index in [-0.39, 0.29) is 28.4 Å². The molecule has 1 aliphatic heterocycles. The minimum atomic E-state index is -0.711. The topological polar surface area (TPSA) is 113 Å². The molecule has 0 fully saturated rings. The highest BCUT2D eigenvalue weighted by molar-refractivity contribution is 6.12. The van der Waals surface area contributed by atoms with Gasteiger partial charge >= 0.3 is 11.6 Å². The zero-order chi connectivity index (χ0) is 28.0. The van der Waals surface area contributed by atoms with Gasteiger partial charge in [-0.1, -0.05) is 76.2 Å². The number of oxazole rings is 2. The first-order valence-corrected chi connectivity index (χ1v) is 13.2. The lowest BCUT2D eigenvalue weighted by Crippen LogP contribution is -2.38. The standard InChI is InChI=1S/C31H33N3O5/c1-16(2)20-9-7-19(8-10-20)15-23-29(35)38-27-25(30(36)37-18(5)6)24(22-13-11-21(12-14-22)17(3)4)26-28(34(23)27)39-31(32)33-26/h7-18,24H,1-6H3,(H2,32,33)/b23-15+. The van der Waals surface area contributed by atoms with E-state index < -0.39 is 23.6 Å². The summed E-state index contributed by atoms with van der Waals surface area (Å²) in [6.07, 6.45) is 1.31. The molecule has 4 aromatic rings. The van der Waals surface area contributed by atoms with Crippen LogP contribution >= 0.6 is 0 Å². The summed E-state index contributed by atoms with van der Waals surface area (Å²) in [4.78, 5) is 31.3. The molecule has 0 radical (unpaired) electrons. The van der Waals surface area contributed by atoms with Gasteiger partial charge in [0.05, 0.1) is 12.0 Å². The molecule has 0 spiro atoms. The number of carbonyl (C=O) groups excluding carboxylic acids is 1. The summed E-state index contributed by atoms with van der Waals surface area (Å²) in [5, 5.41) is 0.183. The summed E-state index contributed by atoms with van der Waals surface area (Å²) in [5.74, 6) is -0.373. The zero-order valence-corrected chi connectivity index (χ0v) is 23.0. The average molecular weight is 528 g/mol. The van der Waals surface area contributed by atoms with Crippen LogP contribution in [-0.4, -0.2) is 21.6 Å². The largest absolute Gasteiger partial charge is 0.459 e. The van der Waals surface area contributed by atoms with Gasteiger partial charge in [-0.2, -0.15) is 4.98 Å². The fourth-order valence-electron chi connectivity index (χ4n) is 4.85. The van der Waals surface area contributed by atoms with Crippen molar-refractivity contribution >= 4 is 23.6 Å². The van der Waals surface area contributed by atoms with Crippen LogP contribution < -0.4 is 22.3 Å². The van der Waals surface area contributed by atoms with Crippen molar-refractivity contribution < 1.29 is 18.4 Å². The highest BCUT2D eigenvalue weighted by atomic mass is 16.5. The Kier molecular flexibility index (Phi) is 6.80. The number of aromatic nitrogens is 2. The maximum atomic E-state index is 13.6. The number of esters is 1. The van der Waals surface area contributed by atoms with E-state index in [0.717, 1.165) is 16.7 Å². The Morgan fingerprint density at radius 3 is 2.10 bits per heavy atom. The summed E-state index contributed by atoms with van der Waals surface area (Å²) in [7, 11) is 0. The molecule has 202 valence electrons. The first kappa shape index (κ1) is 26.3. The first-order valence-electron chi connectivity index (χ1n) is 13.2. The number of benzene rings is 2. The molecule has 2 aromatic heterocycles. The number of nitrogen functional groups attached to an aromatic ring is 1. The number of nitrogens with two attached hydrogens (primary N) is 1. The van der Waals surface area contributed by atoms with Gasteiger partial charge in [-0.05, 0) is 54.0 Å². The molecule has 0 amide bonds. The Morgan fingerprint density at radius 2 is 1.54 bits per heavy atom. The van der Waals surface area contributed by atoms with Crippen LogP contribution in [0, 0.1) is 0 Å². The quantitative estimate of drug-likeness (QED) is 0.372. The highest BCUT2D eigenvalue weighted by Crippen LogP contribution is 2.39. The van der Waals surface area contributed by atoms with Crippen LogP contribution in [0.4, 0.5) is 6.01 Å².